The van der Waals surface area contributed by atoms with Crippen LogP contribution in [-0.4, -0.2) is 125 Å². The molecule has 0 radical (unpaired) electrons. The average molecular weight is 763 g/mol. The summed E-state index contributed by atoms with van der Waals surface area (Å²) >= 11 is 0. The van der Waals surface area contributed by atoms with Crippen molar-refractivity contribution in [3.05, 3.63) is 117 Å². The van der Waals surface area contributed by atoms with Crippen LogP contribution in [0.1, 0.15) is 63.7 Å². The van der Waals surface area contributed by atoms with Crippen LogP contribution >= 0.6 is 0 Å². The fourth-order valence-electron chi connectivity index (χ4n) is 7.01. The highest BCUT2D eigenvalue weighted by Gasteiger charge is 2.35. The standard InChI is InChI=1S/C42H50N8O6/c51-25-23-45-17-21-49-33-11-9-31(35-37(33)41(55)29-7-3-1-5-27(29)39(35)53)47-19-15-43-13-14-44-16-20-48-32-10-12-34(50-22-18-46-24-26-52)38-36(32)40(54)28-6-2-4-8-30(28)42(38)56/h1-12,43-52H,13-26H2. The maximum atomic E-state index is 13.7. The summed E-state index contributed by atoms with van der Waals surface area (Å²) in [6.07, 6.45) is 0. The summed E-state index contributed by atoms with van der Waals surface area (Å²) in [5, 5.41) is 44.3. The van der Waals surface area contributed by atoms with E-state index >= 15 is 0 Å². The molecule has 10 N–H and O–H groups in total. The van der Waals surface area contributed by atoms with Gasteiger partial charge in [0.2, 0.25) is 0 Å². The molecule has 4 aromatic rings. The lowest BCUT2D eigenvalue weighted by atomic mass is 9.82. The van der Waals surface area contributed by atoms with Crippen molar-refractivity contribution in [2.45, 2.75) is 0 Å². The Kier molecular flexibility index (Phi) is 14.3. The van der Waals surface area contributed by atoms with Gasteiger partial charge in [0.15, 0.2) is 23.1 Å². The molecule has 0 spiro atoms. The predicted molar refractivity (Wildman–Crippen MR) is 219 cm³/mol. The van der Waals surface area contributed by atoms with Crippen molar-refractivity contribution in [3.63, 3.8) is 0 Å². The minimum Gasteiger partial charge on any atom is -0.395 e. The van der Waals surface area contributed by atoms with E-state index in [1.807, 2.05) is 24.3 Å². The third-order valence-electron chi connectivity index (χ3n) is 9.68. The molecule has 294 valence electrons. The van der Waals surface area contributed by atoms with Gasteiger partial charge in [0.1, 0.15) is 0 Å². The van der Waals surface area contributed by atoms with E-state index in [0.29, 0.717) is 146 Å². The number of benzene rings is 4. The van der Waals surface area contributed by atoms with Crippen molar-refractivity contribution < 1.29 is 29.4 Å². The van der Waals surface area contributed by atoms with Crippen molar-refractivity contribution >= 4 is 45.9 Å². The minimum absolute atomic E-state index is 0.0385. The van der Waals surface area contributed by atoms with E-state index < -0.39 is 0 Å². The average Bonchev–Trinajstić information content (AvgIpc) is 3.22. The third kappa shape index (κ3) is 9.13. The predicted octanol–water partition coefficient (Wildman–Crippen LogP) is 1.93. The highest BCUT2D eigenvalue weighted by atomic mass is 16.3. The lowest BCUT2D eigenvalue weighted by molar-refractivity contribution is 0.0980. The smallest absolute Gasteiger partial charge is 0.196 e. The number of nitrogens with one attached hydrogen (secondary N) is 8. The molecule has 0 bridgehead atoms. The largest absolute Gasteiger partial charge is 0.395 e. The monoisotopic (exact) mass is 762 g/mol. The Morgan fingerprint density at radius 1 is 0.321 bits per heavy atom. The van der Waals surface area contributed by atoms with Crippen LogP contribution in [0.5, 0.6) is 0 Å². The van der Waals surface area contributed by atoms with Gasteiger partial charge in [-0.25, -0.2) is 0 Å². The lowest BCUT2D eigenvalue weighted by Gasteiger charge is -2.24. The Morgan fingerprint density at radius 3 is 0.804 bits per heavy atom. The summed E-state index contributed by atoms with van der Waals surface area (Å²) in [6, 6.07) is 21.1. The van der Waals surface area contributed by atoms with Crippen LogP contribution in [0.4, 0.5) is 22.7 Å². The Morgan fingerprint density at radius 2 is 0.554 bits per heavy atom. The highest BCUT2D eigenvalue weighted by molar-refractivity contribution is 6.33. The van der Waals surface area contributed by atoms with E-state index in [4.69, 9.17) is 10.2 Å². The highest BCUT2D eigenvalue weighted by Crippen LogP contribution is 2.38. The molecule has 0 aliphatic heterocycles. The van der Waals surface area contributed by atoms with Crippen LogP contribution in [-0.2, 0) is 0 Å². The molecule has 0 heterocycles. The lowest BCUT2D eigenvalue weighted by Crippen LogP contribution is -2.33. The zero-order valence-corrected chi connectivity index (χ0v) is 31.4. The van der Waals surface area contributed by atoms with Crippen LogP contribution < -0.4 is 42.5 Å². The number of rotatable bonds is 23. The van der Waals surface area contributed by atoms with E-state index in [9.17, 15) is 19.2 Å². The molecule has 0 amide bonds. The van der Waals surface area contributed by atoms with Crippen LogP contribution in [0, 0.1) is 0 Å². The van der Waals surface area contributed by atoms with Crippen molar-refractivity contribution in [1.29, 1.82) is 0 Å². The van der Waals surface area contributed by atoms with Crippen LogP contribution in [0.25, 0.3) is 0 Å². The molecule has 0 saturated heterocycles. The van der Waals surface area contributed by atoms with Crippen LogP contribution in [0.15, 0.2) is 72.8 Å². The molecule has 0 unspecified atom stereocenters. The van der Waals surface area contributed by atoms with Crippen molar-refractivity contribution in [2.24, 2.45) is 0 Å². The van der Waals surface area contributed by atoms with Gasteiger partial charge in [-0.15, -0.1) is 0 Å². The zero-order valence-electron chi connectivity index (χ0n) is 31.4. The van der Waals surface area contributed by atoms with Gasteiger partial charge in [-0.2, -0.15) is 0 Å². The molecule has 14 nitrogen and oxygen atoms in total. The normalized spacial score (nSPS) is 12.8. The van der Waals surface area contributed by atoms with Gasteiger partial charge in [-0.05, 0) is 24.3 Å². The molecule has 14 heteroatoms. The van der Waals surface area contributed by atoms with E-state index in [1.54, 1.807) is 48.5 Å². The van der Waals surface area contributed by atoms with E-state index in [2.05, 4.69) is 42.5 Å². The second-order valence-corrected chi connectivity index (χ2v) is 13.4. The second-order valence-electron chi connectivity index (χ2n) is 13.4. The Bertz CT molecular complexity index is 1910. The van der Waals surface area contributed by atoms with Crippen LogP contribution in [0.2, 0.25) is 0 Å². The molecule has 2 aliphatic carbocycles. The maximum absolute atomic E-state index is 13.7. The van der Waals surface area contributed by atoms with Crippen LogP contribution in [0.3, 0.4) is 0 Å². The number of hydrogen-bond acceptors (Lipinski definition) is 14. The maximum Gasteiger partial charge on any atom is 0.196 e. The van der Waals surface area contributed by atoms with Gasteiger partial charge in [0.25, 0.3) is 0 Å². The van der Waals surface area contributed by atoms with Crippen molar-refractivity contribution in [2.75, 3.05) is 113 Å². The summed E-state index contributed by atoms with van der Waals surface area (Å²) in [5.74, 6) is -0.770. The number of fused-ring (bicyclic) bond motifs is 4. The summed E-state index contributed by atoms with van der Waals surface area (Å²) in [5.41, 5.74) is 5.45. The summed E-state index contributed by atoms with van der Waals surface area (Å²) in [6.45, 7) is 6.89. The topological polar surface area (TPSA) is 205 Å². The van der Waals surface area contributed by atoms with E-state index in [1.165, 1.54) is 0 Å². The minimum atomic E-state index is -0.193. The first kappa shape index (κ1) is 40.2. The van der Waals surface area contributed by atoms with E-state index in [0.717, 1.165) is 0 Å². The molecule has 0 saturated carbocycles. The number of ketones is 4. The number of carbonyl (C=O) groups excluding carboxylic acids is 4. The third-order valence-corrected chi connectivity index (χ3v) is 9.68. The summed E-state index contributed by atoms with van der Waals surface area (Å²) in [4.78, 5) is 54.7. The molecule has 6 rings (SSSR count). The van der Waals surface area contributed by atoms with Crippen molar-refractivity contribution in [3.8, 4) is 0 Å². The molecule has 4 aromatic carbocycles. The molecule has 0 atom stereocenters. The van der Waals surface area contributed by atoms with Gasteiger partial charge in [0, 0.05) is 124 Å². The first-order valence-corrected chi connectivity index (χ1v) is 19.2. The van der Waals surface area contributed by atoms with Gasteiger partial charge in [-0.3, -0.25) is 19.2 Å². The summed E-state index contributed by atoms with van der Waals surface area (Å²) in [7, 11) is 0. The molecule has 56 heavy (non-hydrogen) atoms. The first-order valence-electron chi connectivity index (χ1n) is 19.2. The molecule has 2 aliphatic rings. The van der Waals surface area contributed by atoms with Crippen molar-refractivity contribution in [1.82, 2.24) is 21.3 Å². The number of hydrogen-bond donors (Lipinski definition) is 10. The SMILES string of the molecule is O=C1c2ccccc2C(=O)c2c(NCCNCCNCCNc3ccc(NCCNCCO)c4c3C(=O)c3ccccc3C4=O)ccc(NCCNCCO)c21. The van der Waals surface area contributed by atoms with Gasteiger partial charge in [0.05, 0.1) is 35.5 Å². The first-order chi connectivity index (χ1) is 27.5. The molecular formula is C42H50N8O6. The molecule has 0 fully saturated rings. The molecular weight excluding hydrogens is 713 g/mol. The molecule has 0 aromatic heterocycles. The number of carbonyl (C=O) groups is 4. The van der Waals surface area contributed by atoms with Gasteiger partial charge >= 0.3 is 0 Å². The second kappa shape index (κ2) is 19.9. The fraction of sp³-hybridized carbons (Fsp3) is 0.333. The number of aliphatic hydroxyl groups excluding tert-OH is 2. The Labute approximate surface area is 326 Å². The van der Waals surface area contributed by atoms with E-state index in [-0.39, 0.29) is 36.3 Å². The Hall–Kier alpha value is -5.48. The summed E-state index contributed by atoms with van der Waals surface area (Å²) < 4.78 is 0. The zero-order chi connectivity index (χ0) is 39.3. The number of aliphatic hydroxyl groups is 2. The number of anilines is 4. The fourth-order valence-corrected chi connectivity index (χ4v) is 7.01. The Balaban J connectivity index is 0.984. The van der Waals surface area contributed by atoms with Gasteiger partial charge in [-0.1, -0.05) is 48.5 Å². The quantitative estimate of drug-likeness (QED) is 0.0424. The van der Waals surface area contributed by atoms with Gasteiger partial charge < -0.3 is 52.7 Å².